The molecule has 0 aliphatic carbocycles. The van der Waals surface area contributed by atoms with Crippen molar-refractivity contribution in [2.75, 3.05) is 26.9 Å². The molecule has 0 saturated heterocycles. The molecular weight excluding hydrogens is 425 g/mol. The minimum absolute atomic E-state index is 0.190. The average molecular weight is 449 g/mol. The first-order chi connectivity index (χ1) is 16.1. The van der Waals surface area contributed by atoms with Crippen LogP contribution in [0, 0.1) is 5.82 Å². The van der Waals surface area contributed by atoms with Gasteiger partial charge in [-0.15, -0.1) is 10.2 Å². The molecule has 0 atom stereocenters. The van der Waals surface area contributed by atoms with E-state index in [1.54, 1.807) is 31.4 Å². The van der Waals surface area contributed by atoms with Crippen LogP contribution >= 0.6 is 0 Å². The van der Waals surface area contributed by atoms with Gasteiger partial charge in [-0.25, -0.2) is 9.37 Å². The zero-order chi connectivity index (χ0) is 23.0. The van der Waals surface area contributed by atoms with Gasteiger partial charge in [-0.1, -0.05) is 0 Å². The zero-order valence-electron chi connectivity index (χ0n) is 18.2. The van der Waals surface area contributed by atoms with Crippen molar-refractivity contribution in [1.29, 1.82) is 0 Å². The van der Waals surface area contributed by atoms with E-state index in [-0.39, 0.29) is 11.7 Å². The SMILES string of the molecule is COCCOc1cc(-c2ccc(F)cc2)nc2cc(C(=O)NCCCc3nnc[nH]3)ccc12. The lowest BCUT2D eigenvalue weighted by atomic mass is 10.1. The first-order valence-electron chi connectivity index (χ1n) is 10.6. The molecule has 170 valence electrons. The summed E-state index contributed by atoms with van der Waals surface area (Å²) in [5.41, 5.74) is 2.48. The number of pyridine rings is 1. The Morgan fingerprint density at radius 3 is 2.73 bits per heavy atom. The van der Waals surface area contributed by atoms with Gasteiger partial charge in [0.2, 0.25) is 0 Å². The Labute approximate surface area is 190 Å². The maximum Gasteiger partial charge on any atom is 0.251 e. The number of amides is 1. The quantitative estimate of drug-likeness (QED) is 0.359. The number of aromatic amines is 1. The number of benzene rings is 2. The molecule has 0 spiro atoms. The number of carbonyl (C=O) groups excluding carboxylic acids is 1. The van der Waals surface area contributed by atoms with Gasteiger partial charge in [0.05, 0.1) is 17.8 Å². The molecule has 33 heavy (non-hydrogen) atoms. The van der Waals surface area contributed by atoms with Crippen molar-refractivity contribution < 1.29 is 18.7 Å². The number of halogens is 1. The topological polar surface area (TPSA) is 102 Å². The number of rotatable bonds is 10. The van der Waals surface area contributed by atoms with E-state index in [9.17, 15) is 9.18 Å². The van der Waals surface area contributed by atoms with Crippen molar-refractivity contribution in [3.63, 3.8) is 0 Å². The van der Waals surface area contributed by atoms with Crippen LogP contribution in [0.15, 0.2) is 54.9 Å². The van der Waals surface area contributed by atoms with Gasteiger partial charge in [-0.3, -0.25) is 4.79 Å². The third-order valence-corrected chi connectivity index (χ3v) is 5.06. The molecule has 8 nitrogen and oxygen atoms in total. The number of nitrogens with zero attached hydrogens (tertiary/aromatic N) is 3. The molecule has 2 aromatic heterocycles. The fraction of sp³-hybridized carbons (Fsp3) is 0.250. The minimum atomic E-state index is -0.321. The summed E-state index contributed by atoms with van der Waals surface area (Å²) in [6.45, 7) is 1.31. The number of fused-ring (bicyclic) bond motifs is 1. The van der Waals surface area contributed by atoms with E-state index in [2.05, 4.69) is 20.5 Å². The maximum absolute atomic E-state index is 13.4. The van der Waals surface area contributed by atoms with Crippen molar-refractivity contribution in [2.24, 2.45) is 0 Å². The zero-order valence-corrected chi connectivity index (χ0v) is 18.2. The summed E-state index contributed by atoms with van der Waals surface area (Å²) >= 11 is 0. The third-order valence-electron chi connectivity index (χ3n) is 5.06. The van der Waals surface area contributed by atoms with Crippen LogP contribution in [0.5, 0.6) is 5.75 Å². The number of carbonyl (C=O) groups is 1. The van der Waals surface area contributed by atoms with Gasteiger partial charge in [-0.2, -0.15) is 0 Å². The minimum Gasteiger partial charge on any atom is -0.490 e. The van der Waals surface area contributed by atoms with E-state index >= 15 is 0 Å². The highest BCUT2D eigenvalue weighted by molar-refractivity contribution is 5.99. The molecule has 0 aliphatic heterocycles. The molecule has 1 amide bonds. The van der Waals surface area contributed by atoms with E-state index in [0.717, 1.165) is 23.2 Å². The van der Waals surface area contributed by atoms with E-state index in [1.165, 1.54) is 18.5 Å². The van der Waals surface area contributed by atoms with Crippen LogP contribution in [0.2, 0.25) is 0 Å². The van der Waals surface area contributed by atoms with E-state index < -0.39 is 0 Å². The van der Waals surface area contributed by atoms with Crippen LogP contribution in [0.3, 0.4) is 0 Å². The standard InChI is InChI=1S/C24H24FN5O3/c1-32-11-12-33-22-14-20(16-4-7-18(25)8-5-16)29-21-13-17(6-9-19(21)22)24(31)26-10-2-3-23-27-15-28-30-23/h4-9,13-15H,2-3,10-12H2,1H3,(H,26,31)(H,27,28,30). The van der Waals surface area contributed by atoms with Crippen molar-refractivity contribution in [3.05, 3.63) is 72.1 Å². The van der Waals surface area contributed by atoms with Crippen LogP contribution in [0.1, 0.15) is 22.6 Å². The monoisotopic (exact) mass is 449 g/mol. The lowest BCUT2D eigenvalue weighted by molar-refractivity contribution is 0.0953. The number of nitrogens with one attached hydrogen (secondary N) is 2. The fourth-order valence-corrected chi connectivity index (χ4v) is 3.37. The highest BCUT2D eigenvalue weighted by atomic mass is 19.1. The first kappa shape index (κ1) is 22.3. The summed E-state index contributed by atoms with van der Waals surface area (Å²) < 4.78 is 24.4. The number of methoxy groups -OCH3 is 1. The Morgan fingerprint density at radius 2 is 1.97 bits per heavy atom. The van der Waals surface area contributed by atoms with E-state index in [1.807, 2.05) is 12.1 Å². The normalized spacial score (nSPS) is 11.0. The molecular formula is C24H24FN5O3. The smallest absolute Gasteiger partial charge is 0.251 e. The lowest BCUT2D eigenvalue weighted by Crippen LogP contribution is -2.24. The first-order valence-corrected chi connectivity index (χ1v) is 10.6. The van der Waals surface area contributed by atoms with Crippen LogP contribution < -0.4 is 10.1 Å². The largest absolute Gasteiger partial charge is 0.490 e. The number of ether oxygens (including phenoxy) is 2. The molecule has 0 saturated carbocycles. The number of H-pyrrole nitrogens is 1. The highest BCUT2D eigenvalue weighted by Gasteiger charge is 2.13. The van der Waals surface area contributed by atoms with E-state index in [4.69, 9.17) is 14.5 Å². The number of aryl methyl sites for hydroxylation is 1. The molecule has 0 unspecified atom stereocenters. The predicted octanol–water partition coefficient (Wildman–Crippen LogP) is 3.55. The second kappa shape index (κ2) is 10.6. The van der Waals surface area contributed by atoms with Crippen molar-refractivity contribution in [3.8, 4) is 17.0 Å². The Hall–Kier alpha value is -3.85. The molecule has 0 fully saturated rings. The third kappa shape index (κ3) is 5.69. The van der Waals surface area contributed by atoms with Gasteiger partial charge in [0.25, 0.3) is 5.91 Å². The van der Waals surface area contributed by atoms with Gasteiger partial charge in [0.1, 0.15) is 30.3 Å². The molecule has 4 rings (SSSR count). The average Bonchev–Trinajstić information content (AvgIpc) is 3.35. The Bertz CT molecular complexity index is 1210. The number of hydrogen-bond acceptors (Lipinski definition) is 6. The molecule has 0 aliphatic rings. The van der Waals surface area contributed by atoms with Crippen molar-refractivity contribution in [2.45, 2.75) is 12.8 Å². The van der Waals surface area contributed by atoms with Crippen molar-refractivity contribution in [1.82, 2.24) is 25.5 Å². The molecule has 9 heteroatoms. The van der Waals surface area contributed by atoms with Crippen LogP contribution in [-0.4, -0.2) is 52.9 Å². The second-order valence-electron chi connectivity index (χ2n) is 7.38. The molecule has 2 N–H and O–H groups in total. The lowest BCUT2D eigenvalue weighted by Gasteiger charge is -2.13. The van der Waals surface area contributed by atoms with Crippen LogP contribution in [-0.2, 0) is 11.2 Å². The summed E-state index contributed by atoms with van der Waals surface area (Å²) in [4.78, 5) is 20.3. The van der Waals surface area contributed by atoms with Crippen LogP contribution in [0.25, 0.3) is 22.2 Å². The Kier molecular flexibility index (Phi) is 7.21. The molecule has 2 aromatic carbocycles. The van der Waals surface area contributed by atoms with Crippen molar-refractivity contribution >= 4 is 16.8 Å². The number of hydrogen-bond donors (Lipinski definition) is 2. The molecule has 4 aromatic rings. The van der Waals surface area contributed by atoms with Gasteiger partial charge >= 0.3 is 0 Å². The summed E-state index contributed by atoms with van der Waals surface area (Å²) in [6.07, 6.45) is 2.96. The number of aromatic nitrogens is 4. The Balaban J connectivity index is 1.56. The summed E-state index contributed by atoms with van der Waals surface area (Å²) in [6, 6.07) is 13.2. The molecule has 0 radical (unpaired) electrons. The summed E-state index contributed by atoms with van der Waals surface area (Å²) in [5, 5.41) is 11.4. The Morgan fingerprint density at radius 1 is 1.12 bits per heavy atom. The predicted molar refractivity (Wildman–Crippen MR) is 122 cm³/mol. The van der Waals surface area contributed by atoms with Crippen LogP contribution in [0.4, 0.5) is 4.39 Å². The van der Waals surface area contributed by atoms with Gasteiger partial charge in [-0.05, 0) is 48.9 Å². The summed E-state index contributed by atoms with van der Waals surface area (Å²) in [5.74, 6) is 0.896. The van der Waals surface area contributed by atoms with E-state index in [0.29, 0.717) is 48.7 Å². The molecule has 0 bridgehead atoms. The van der Waals surface area contributed by atoms with Gasteiger partial charge < -0.3 is 19.8 Å². The highest BCUT2D eigenvalue weighted by Crippen LogP contribution is 2.31. The fourth-order valence-electron chi connectivity index (χ4n) is 3.37. The molecule has 2 heterocycles. The van der Waals surface area contributed by atoms with Gasteiger partial charge in [0, 0.05) is 42.7 Å². The van der Waals surface area contributed by atoms with Gasteiger partial charge in [0.15, 0.2) is 0 Å². The second-order valence-corrected chi connectivity index (χ2v) is 7.38. The summed E-state index contributed by atoms with van der Waals surface area (Å²) in [7, 11) is 1.61. The maximum atomic E-state index is 13.4.